The first-order valence-corrected chi connectivity index (χ1v) is 10.9. The van der Waals surface area contributed by atoms with Gasteiger partial charge < -0.3 is 9.47 Å². The number of para-hydroxylation sites is 1. The van der Waals surface area contributed by atoms with Gasteiger partial charge >= 0.3 is 0 Å². The number of carbonyl (C=O) groups is 1. The third-order valence-electron chi connectivity index (χ3n) is 5.62. The lowest BCUT2D eigenvalue weighted by Gasteiger charge is -2.25. The van der Waals surface area contributed by atoms with Crippen molar-refractivity contribution in [1.29, 1.82) is 0 Å². The van der Waals surface area contributed by atoms with Crippen LogP contribution in [0.2, 0.25) is 0 Å². The van der Waals surface area contributed by atoms with Crippen LogP contribution in [0, 0.1) is 6.92 Å². The highest BCUT2D eigenvalue weighted by Gasteiger charge is 2.43. The number of ether oxygens (including phenoxy) is 2. The fourth-order valence-corrected chi connectivity index (χ4v) is 5.21. The van der Waals surface area contributed by atoms with E-state index in [1.54, 1.807) is 28.5 Å². The van der Waals surface area contributed by atoms with E-state index in [4.69, 9.17) is 9.47 Å². The average molecular weight is 440 g/mol. The molecule has 8 heteroatoms. The molecule has 1 aliphatic heterocycles. The lowest BCUT2D eigenvalue weighted by molar-refractivity contribution is -0.117. The van der Waals surface area contributed by atoms with Crippen LogP contribution < -0.4 is 19.9 Å². The molecule has 0 spiro atoms. The predicted molar refractivity (Wildman–Crippen MR) is 123 cm³/mol. The molecule has 31 heavy (non-hydrogen) atoms. The van der Waals surface area contributed by atoms with Crippen molar-refractivity contribution in [3.05, 3.63) is 70.1 Å². The molecule has 2 heterocycles. The maximum absolute atomic E-state index is 13.6. The summed E-state index contributed by atoms with van der Waals surface area (Å²) in [5.41, 5.74) is 2.39. The average Bonchev–Trinajstić information content (AvgIpc) is 3.19. The maximum Gasteiger partial charge on any atom is 0.295 e. The van der Waals surface area contributed by atoms with E-state index < -0.39 is 5.37 Å². The minimum atomic E-state index is -0.412. The van der Waals surface area contributed by atoms with Crippen LogP contribution in [0.5, 0.6) is 11.5 Å². The van der Waals surface area contributed by atoms with Gasteiger partial charge in [0.15, 0.2) is 0 Å². The Hall–Kier alpha value is -3.13. The van der Waals surface area contributed by atoms with E-state index in [9.17, 15) is 9.59 Å². The van der Waals surface area contributed by atoms with E-state index in [0.29, 0.717) is 22.9 Å². The van der Waals surface area contributed by atoms with E-state index in [2.05, 4.69) is 0 Å². The Morgan fingerprint density at radius 3 is 2.35 bits per heavy atom. The molecular weight excluding hydrogens is 414 g/mol. The first-order valence-electron chi connectivity index (χ1n) is 9.93. The lowest BCUT2D eigenvalue weighted by Crippen LogP contribution is -2.34. The molecule has 0 radical (unpaired) electrons. The number of anilines is 1. The highest BCUT2D eigenvalue weighted by molar-refractivity contribution is 8.01. The summed E-state index contributed by atoms with van der Waals surface area (Å²) < 4.78 is 14.3. The number of hydrogen-bond acceptors (Lipinski definition) is 5. The Bertz CT molecular complexity index is 1190. The Balaban J connectivity index is 1.91. The van der Waals surface area contributed by atoms with Gasteiger partial charge in [-0.3, -0.25) is 19.2 Å². The molecule has 1 aliphatic rings. The third-order valence-corrected chi connectivity index (χ3v) is 6.95. The van der Waals surface area contributed by atoms with Gasteiger partial charge in [0.25, 0.3) is 5.56 Å². The molecule has 0 N–H and O–H groups in total. The number of nitrogens with zero attached hydrogens (tertiary/aromatic N) is 3. The van der Waals surface area contributed by atoms with Gasteiger partial charge in [-0.15, -0.1) is 11.8 Å². The second-order valence-corrected chi connectivity index (χ2v) is 8.78. The van der Waals surface area contributed by atoms with Crippen LogP contribution in [0.1, 0.15) is 23.6 Å². The summed E-state index contributed by atoms with van der Waals surface area (Å²) in [5.74, 6) is 1.20. The number of amides is 1. The van der Waals surface area contributed by atoms with Crippen LogP contribution in [0.25, 0.3) is 5.69 Å². The molecule has 1 aromatic heterocycles. The molecule has 0 aliphatic carbocycles. The summed E-state index contributed by atoms with van der Waals surface area (Å²) in [6, 6.07) is 14.9. The van der Waals surface area contributed by atoms with Crippen molar-refractivity contribution < 1.29 is 14.3 Å². The lowest BCUT2D eigenvalue weighted by atomic mass is 10.1. The molecule has 162 valence electrons. The molecular formula is C23H25N3O4S. The zero-order chi connectivity index (χ0) is 22.3. The predicted octanol–water partition coefficient (Wildman–Crippen LogP) is 3.67. The monoisotopic (exact) mass is 439 g/mol. The fraction of sp³-hybridized carbons (Fsp3) is 0.304. The zero-order valence-corrected chi connectivity index (χ0v) is 19.0. The summed E-state index contributed by atoms with van der Waals surface area (Å²) in [5, 5.41) is -0.712. The molecule has 2 atom stereocenters. The largest absolute Gasteiger partial charge is 0.497 e. The van der Waals surface area contributed by atoms with Crippen LogP contribution in [0.15, 0.2) is 53.3 Å². The summed E-state index contributed by atoms with van der Waals surface area (Å²) in [6.45, 7) is 3.72. The Morgan fingerprint density at radius 2 is 1.71 bits per heavy atom. The number of hydrogen-bond donors (Lipinski definition) is 0. The van der Waals surface area contributed by atoms with Crippen LogP contribution in [0.4, 0.5) is 5.69 Å². The van der Waals surface area contributed by atoms with Gasteiger partial charge in [-0.05, 0) is 44.2 Å². The van der Waals surface area contributed by atoms with E-state index in [1.165, 1.54) is 11.8 Å². The topological polar surface area (TPSA) is 65.7 Å². The van der Waals surface area contributed by atoms with Crippen molar-refractivity contribution in [3.8, 4) is 17.2 Å². The Morgan fingerprint density at radius 1 is 1.00 bits per heavy atom. The molecule has 0 saturated carbocycles. The van der Waals surface area contributed by atoms with Gasteiger partial charge in [-0.25, -0.2) is 4.68 Å². The van der Waals surface area contributed by atoms with Crippen LogP contribution >= 0.6 is 11.8 Å². The Kier molecular flexibility index (Phi) is 5.58. The highest BCUT2D eigenvalue weighted by atomic mass is 32.2. The molecule has 1 amide bonds. The molecule has 7 nitrogen and oxygen atoms in total. The van der Waals surface area contributed by atoms with E-state index in [0.717, 1.165) is 11.3 Å². The Labute approximate surface area is 185 Å². The number of carbonyl (C=O) groups excluding carboxylic acids is 1. The van der Waals surface area contributed by atoms with Crippen molar-refractivity contribution >= 4 is 23.4 Å². The SMILES string of the molecule is COc1ccc(OC)c(C2SC(C)C(=O)N2c2c(C)n(C)n(-c3ccccc3)c2=O)c1. The van der Waals surface area contributed by atoms with Gasteiger partial charge in [0, 0.05) is 12.6 Å². The molecule has 4 rings (SSSR count). The second kappa shape index (κ2) is 8.19. The van der Waals surface area contributed by atoms with Crippen LogP contribution in [0.3, 0.4) is 0 Å². The number of methoxy groups -OCH3 is 2. The summed E-state index contributed by atoms with van der Waals surface area (Å²) >= 11 is 1.49. The van der Waals surface area contributed by atoms with Gasteiger partial charge in [-0.1, -0.05) is 18.2 Å². The molecule has 3 aromatic rings. The van der Waals surface area contributed by atoms with Crippen LogP contribution in [-0.2, 0) is 11.8 Å². The molecule has 1 fully saturated rings. The second-order valence-electron chi connectivity index (χ2n) is 7.36. The standard InChI is InChI=1S/C23H25N3O4S/c1-14-20(22(28)26(24(14)3)16-9-7-6-8-10-16)25-21(27)15(2)31-23(25)18-13-17(29-4)11-12-19(18)30-5/h6-13,15,23H,1-5H3. The van der Waals surface area contributed by atoms with Gasteiger partial charge in [0.2, 0.25) is 5.91 Å². The van der Waals surface area contributed by atoms with Crippen molar-refractivity contribution in [2.75, 3.05) is 19.1 Å². The molecule has 0 bridgehead atoms. The summed E-state index contributed by atoms with van der Waals surface area (Å²) in [7, 11) is 5.01. The minimum Gasteiger partial charge on any atom is -0.497 e. The quantitative estimate of drug-likeness (QED) is 0.607. The van der Waals surface area contributed by atoms with Gasteiger partial charge in [0.1, 0.15) is 22.6 Å². The third kappa shape index (κ3) is 3.40. The number of benzene rings is 2. The van der Waals surface area contributed by atoms with Crippen molar-refractivity contribution in [1.82, 2.24) is 9.36 Å². The number of thioether (sulfide) groups is 1. The van der Waals surface area contributed by atoms with E-state index in [1.807, 2.05) is 69.4 Å². The highest BCUT2D eigenvalue weighted by Crippen LogP contribution is 2.48. The number of aromatic nitrogens is 2. The maximum atomic E-state index is 13.6. The van der Waals surface area contributed by atoms with Crippen molar-refractivity contribution in [3.63, 3.8) is 0 Å². The van der Waals surface area contributed by atoms with Crippen molar-refractivity contribution in [2.24, 2.45) is 7.05 Å². The molecule has 2 unspecified atom stereocenters. The summed E-state index contributed by atoms with van der Waals surface area (Å²) in [4.78, 5) is 28.5. The number of rotatable bonds is 5. The molecule has 1 saturated heterocycles. The van der Waals surface area contributed by atoms with E-state index >= 15 is 0 Å². The first-order chi connectivity index (χ1) is 14.9. The van der Waals surface area contributed by atoms with Gasteiger partial charge in [-0.2, -0.15) is 0 Å². The van der Waals surface area contributed by atoms with Crippen molar-refractivity contribution in [2.45, 2.75) is 24.5 Å². The zero-order valence-electron chi connectivity index (χ0n) is 18.2. The minimum absolute atomic E-state index is 0.106. The normalized spacial score (nSPS) is 18.5. The summed E-state index contributed by atoms with van der Waals surface area (Å²) in [6.07, 6.45) is 0. The molecule has 2 aromatic carbocycles. The van der Waals surface area contributed by atoms with E-state index in [-0.39, 0.29) is 16.7 Å². The fourth-order valence-electron chi connectivity index (χ4n) is 3.93. The van der Waals surface area contributed by atoms with Gasteiger partial charge in [0.05, 0.1) is 30.9 Å². The smallest absolute Gasteiger partial charge is 0.295 e. The van der Waals surface area contributed by atoms with Crippen LogP contribution in [-0.4, -0.2) is 34.7 Å². The first kappa shape index (κ1) is 21.1.